The molecule has 0 bridgehead atoms. The van der Waals surface area contributed by atoms with Crippen LogP contribution in [0.25, 0.3) is 10.9 Å². The largest absolute Gasteiger partial charge is 0.436 e. The average molecular weight is 840 g/mol. The summed E-state index contributed by atoms with van der Waals surface area (Å²) in [6.45, 7) is 6.05. The first kappa shape index (κ1) is 42.8. The fourth-order valence-corrected chi connectivity index (χ4v) is 7.33. The summed E-state index contributed by atoms with van der Waals surface area (Å²) in [6.07, 6.45) is -6.62. The van der Waals surface area contributed by atoms with Crippen LogP contribution in [-0.4, -0.2) is 90.9 Å². The van der Waals surface area contributed by atoms with Crippen molar-refractivity contribution in [2.24, 2.45) is 5.41 Å². The number of amides is 2. The molecule has 314 valence electrons. The van der Waals surface area contributed by atoms with Crippen molar-refractivity contribution in [2.75, 3.05) is 56.7 Å². The maximum Gasteiger partial charge on any atom is 0.418 e. The Balaban J connectivity index is 1.11. The number of carbonyl (C=O) groups excluding carboxylic acids is 4. The molecule has 0 aliphatic carbocycles. The van der Waals surface area contributed by atoms with Crippen molar-refractivity contribution in [2.45, 2.75) is 58.2 Å². The summed E-state index contributed by atoms with van der Waals surface area (Å²) < 4.78 is 57.5. The van der Waals surface area contributed by atoms with E-state index in [0.717, 1.165) is 22.7 Å². The normalized spacial score (nSPS) is 15.8. The number of nitrogens with one attached hydrogen (secondary N) is 1. The van der Waals surface area contributed by atoms with Crippen LogP contribution in [0.4, 0.5) is 29.3 Å². The monoisotopic (exact) mass is 839 g/mol. The molecular formula is C42H45ClF3N5O8. The van der Waals surface area contributed by atoms with Gasteiger partial charge in [0, 0.05) is 62.5 Å². The van der Waals surface area contributed by atoms with Crippen LogP contribution < -0.4 is 16.2 Å². The van der Waals surface area contributed by atoms with Gasteiger partial charge in [-0.15, -0.1) is 0 Å². The van der Waals surface area contributed by atoms with Gasteiger partial charge in [-0.25, -0.2) is 9.59 Å². The first-order valence-corrected chi connectivity index (χ1v) is 19.5. The summed E-state index contributed by atoms with van der Waals surface area (Å²) in [7, 11) is 0. The summed E-state index contributed by atoms with van der Waals surface area (Å²) in [6, 6.07) is 17.9. The van der Waals surface area contributed by atoms with Crippen molar-refractivity contribution in [1.29, 1.82) is 0 Å². The number of esters is 2. The van der Waals surface area contributed by atoms with E-state index in [2.05, 4.69) is 4.98 Å². The Labute approximate surface area is 343 Å². The SMILES string of the molecule is CC(C)(C)C(=O)OCOC(=O)c1ccc(N2CCN(C(=O)[C@@H](Cc3cc(Cl)c(N)c(C(F)(F)F)c3)OC(=O)N3CCC(c4cc5ccccc5[nH]c4=O)CC3)CC2)cc1. The highest BCUT2D eigenvalue weighted by Crippen LogP contribution is 2.38. The van der Waals surface area contributed by atoms with Crippen LogP contribution in [0.1, 0.15) is 66.6 Å². The van der Waals surface area contributed by atoms with E-state index in [1.54, 1.807) is 45.0 Å². The number of likely N-dealkylation sites (tertiary alicyclic amines) is 1. The lowest BCUT2D eigenvalue weighted by Gasteiger charge is -2.38. The number of aromatic amines is 1. The molecule has 0 radical (unpaired) electrons. The number of piperazine rings is 1. The summed E-state index contributed by atoms with van der Waals surface area (Å²) in [5.41, 5.74) is 5.20. The number of anilines is 2. The van der Waals surface area contributed by atoms with E-state index in [-0.39, 0.29) is 53.8 Å². The van der Waals surface area contributed by atoms with Crippen LogP contribution in [-0.2, 0) is 36.4 Å². The highest BCUT2D eigenvalue weighted by atomic mass is 35.5. The summed E-state index contributed by atoms with van der Waals surface area (Å²) in [5, 5.41) is 0.534. The molecule has 3 heterocycles. The van der Waals surface area contributed by atoms with E-state index in [4.69, 9.17) is 31.5 Å². The number of nitrogens with zero attached hydrogens (tertiary/aromatic N) is 3. The minimum atomic E-state index is -4.83. The number of nitrogens with two attached hydrogens (primary N) is 1. The zero-order chi connectivity index (χ0) is 42.6. The second kappa shape index (κ2) is 17.6. The second-order valence-electron chi connectivity index (χ2n) is 15.6. The molecule has 1 aromatic heterocycles. The van der Waals surface area contributed by atoms with Crippen LogP contribution in [0, 0.1) is 5.41 Å². The predicted octanol–water partition coefficient (Wildman–Crippen LogP) is 6.76. The van der Waals surface area contributed by atoms with E-state index >= 15 is 0 Å². The Bertz CT molecular complexity index is 2260. The van der Waals surface area contributed by atoms with Crippen molar-refractivity contribution < 1.29 is 46.6 Å². The standard InChI is InChI=1S/C42H45ClF3N5O8/c1-41(2,3)39(55)58-24-57-38(54)27-8-10-29(11-9-27)49-16-18-50(19-17-49)37(53)34(22-25-20-31(42(44,45)46)35(47)32(43)21-25)59-40(56)51-14-12-26(13-15-51)30-23-28-6-4-5-7-33(28)48-36(30)52/h4-11,20-21,23,26,34H,12-19,22,24,47H2,1-3H3,(H,48,52)/t34-/m1/s1. The fraction of sp³-hybridized carbons (Fsp3) is 0.405. The number of fused-ring (bicyclic) bond motifs is 1. The van der Waals surface area contributed by atoms with Crippen LogP contribution in [0.5, 0.6) is 0 Å². The Morgan fingerprint density at radius 2 is 1.54 bits per heavy atom. The van der Waals surface area contributed by atoms with Gasteiger partial charge in [0.2, 0.25) is 6.79 Å². The number of ether oxygens (including phenoxy) is 3. The van der Waals surface area contributed by atoms with Crippen LogP contribution in [0.15, 0.2) is 71.5 Å². The van der Waals surface area contributed by atoms with Gasteiger partial charge in [-0.1, -0.05) is 29.8 Å². The van der Waals surface area contributed by atoms with Gasteiger partial charge in [0.05, 0.1) is 27.3 Å². The van der Waals surface area contributed by atoms with Gasteiger partial charge in [-0.3, -0.25) is 14.4 Å². The number of piperidine rings is 1. The third kappa shape index (κ3) is 10.3. The Morgan fingerprint density at radius 1 is 0.881 bits per heavy atom. The minimum absolute atomic E-state index is 0.00142. The first-order chi connectivity index (χ1) is 27.9. The van der Waals surface area contributed by atoms with Gasteiger partial charge >= 0.3 is 24.2 Å². The number of hydrogen-bond acceptors (Lipinski definition) is 10. The van der Waals surface area contributed by atoms with Gasteiger partial charge in [-0.2, -0.15) is 13.2 Å². The third-order valence-electron chi connectivity index (χ3n) is 10.5. The summed E-state index contributed by atoms with van der Waals surface area (Å²) >= 11 is 6.11. The number of H-pyrrole nitrogens is 1. The van der Waals surface area contributed by atoms with Crippen LogP contribution in [0.3, 0.4) is 0 Å². The van der Waals surface area contributed by atoms with Gasteiger partial charge in [0.15, 0.2) is 6.10 Å². The Hall–Kier alpha value is -5.77. The number of halogens is 4. The molecule has 0 spiro atoms. The van der Waals surface area contributed by atoms with Gasteiger partial charge < -0.3 is 39.6 Å². The number of nitrogen functional groups attached to an aromatic ring is 1. The lowest BCUT2D eigenvalue weighted by molar-refractivity contribution is -0.161. The lowest BCUT2D eigenvalue weighted by atomic mass is 9.89. The number of benzene rings is 3. The molecule has 2 amide bonds. The molecule has 6 rings (SSSR count). The van der Waals surface area contributed by atoms with Gasteiger partial charge in [0.25, 0.3) is 11.5 Å². The number of alkyl halides is 3. The topological polar surface area (TPSA) is 165 Å². The van der Waals surface area contributed by atoms with Crippen molar-refractivity contribution >= 4 is 57.8 Å². The molecule has 2 saturated heterocycles. The van der Waals surface area contributed by atoms with Gasteiger partial charge in [0.1, 0.15) is 0 Å². The number of carbonyl (C=O) groups is 4. The highest BCUT2D eigenvalue weighted by molar-refractivity contribution is 6.33. The Morgan fingerprint density at radius 3 is 2.19 bits per heavy atom. The molecule has 17 heteroatoms. The zero-order valence-corrected chi connectivity index (χ0v) is 33.5. The fourth-order valence-electron chi connectivity index (χ4n) is 7.09. The zero-order valence-electron chi connectivity index (χ0n) is 32.8. The van der Waals surface area contributed by atoms with Crippen LogP contribution in [0.2, 0.25) is 5.02 Å². The molecule has 0 unspecified atom stereocenters. The maximum absolute atomic E-state index is 14.1. The van der Waals surface area contributed by atoms with Crippen molar-refractivity contribution in [3.05, 3.63) is 104 Å². The molecule has 3 N–H and O–H groups in total. The quantitative estimate of drug-likeness (QED) is 0.105. The number of para-hydroxylation sites is 1. The number of aromatic nitrogens is 1. The van der Waals surface area contributed by atoms with Crippen molar-refractivity contribution in [1.82, 2.24) is 14.8 Å². The minimum Gasteiger partial charge on any atom is -0.436 e. The molecule has 4 aromatic rings. The second-order valence-corrected chi connectivity index (χ2v) is 16.0. The third-order valence-corrected chi connectivity index (χ3v) is 10.8. The van der Waals surface area contributed by atoms with E-state index in [1.165, 1.54) is 15.9 Å². The van der Waals surface area contributed by atoms with Crippen LogP contribution >= 0.6 is 11.6 Å². The summed E-state index contributed by atoms with van der Waals surface area (Å²) in [5.74, 6) is -1.92. The molecule has 2 fully saturated rings. The van der Waals surface area contributed by atoms with E-state index in [1.807, 2.05) is 35.2 Å². The number of pyridine rings is 1. The first-order valence-electron chi connectivity index (χ1n) is 19.1. The number of rotatable bonds is 9. The maximum atomic E-state index is 14.1. The van der Waals surface area contributed by atoms with Crippen molar-refractivity contribution in [3.8, 4) is 0 Å². The average Bonchev–Trinajstić information content (AvgIpc) is 3.20. The molecule has 2 aliphatic rings. The Kier molecular flexibility index (Phi) is 12.8. The van der Waals surface area contributed by atoms with Crippen molar-refractivity contribution in [3.63, 3.8) is 0 Å². The molecule has 3 aromatic carbocycles. The predicted molar refractivity (Wildman–Crippen MR) is 214 cm³/mol. The summed E-state index contributed by atoms with van der Waals surface area (Å²) in [4.78, 5) is 72.9. The number of hydrogen-bond donors (Lipinski definition) is 2. The molecule has 1 atom stereocenters. The van der Waals surface area contributed by atoms with Gasteiger partial charge in [-0.05, 0) is 99.0 Å². The van der Waals surface area contributed by atoms with E-state index < -0.39 is 66.1 Å². The van der Waals surface area contributed by atoms with E-state index in [9.17, 15) is 37.1 Å². The molecule has 2 aliphatic heterocycles. The highest BCUT2D eigenvalue weighted by Gasteiger charge is 2.37. The smallest absolute Gasteiger partial charge is 0.418 e. The molecule has 0 saturated carbocycles. The molecular weight excluding hydrogens is 795 g/mol. The molecule has 59 heavy (non-hydrogen) atoms. The molecule has 13 nitrogen and oxygen atoms in total. The van der Waals surface area contributed by atoms with E-state index in [0.29, 0.717) is 31.5 Å². The lowest BCUT2D eigenvalue weighted by Crippen LogP contribution is -2.53.